The van der Waals surface area contributed by atoms with Crippen molar-refractivity contribution in [2.45, 2.75) is 25.9 Å². The second-order valence-electron chi connectivity index (χ2n) is 7.50. The van der Waals surface area contributed by atoms with Gasteiger partial charge in [0.05, 0.1) is 12.0 Å². The molecule has 2 aromatic rings. The van der Waals surface area contributed by atoms with E-state index in [1.165, 1.54) is 0 Å². The highest BCUT2D eigenvalue weighted by Crippen LogP contribution is 2.29. The first-order chi connectivity index (χ1) is 13.9. The fourth-order valence-corrected chi connectivity index (χ4v) is 3.75. The monoisotopic (exact) mass is 393 g/mol. The SMILES string of the molecule is CNC(=O)c1ccc(CN(C)C(=O)[C@H]2CC(=O)N([C@@H](C)c3ccccc3)C2)cc1. The highest BCUT2D eigenvalue weighted by atomic mass is 16.2. The van der Waals surface area contributed by atoms with E-state index in [0.717, 1.165) is 11.1 Å². The van der Waals surface area contributed by atoms with Gasteiger partial charge in [-0.1, -0.05) is 42.5 Å². The van der Waals surface area contributed by atoms with Crippen molar-refractivity contribution in [1.29, 1.82) is 0 Å². The van der Waals surface area contributed by atoms with Gasteiger partial charge in [0.1, 0.15) is 0 Å². The van der Waals surface area contributed by atoms with E-state index < -0.39 is 0 Å². The van der Waals surface area contributed by atoms with E-state index in [1.54, 1.807) is 36.0 Å². The van der Waals surface area contributed by atoms with Gasteiger partial charge < -0.3 is 15.1 Å². The maximum Gasteiger partial charge on any atom is 0.251 e. The third-order valence-electron chi connectivity index (χ3n) is 5.50. The standard InChI is InChI=1S/C23H27N3O3/c1-16(18-7-5-4-6-8-18)26-15-20(13-21(26)27)23(29)25(3)14-17-9-11-19(12-10-17)22(28)24-2/h4-12,16,20H,13-15H2,1-3H3,(H,24,28)/t16-,20-/m0/s1. The van der Waals surface area contributed by atoms with Crippen LogP contribution in [0, 0.1) is 5.92 Å². The van der Waals surface area contributed by atoms with Crippen molar-refractivity contribution in [1.82, 2.24) is 15.1 Å². The van der Waals surface area contributed by atoms with Crippen LogP contribution < -0.4 is 5.32 Å². The van der Waals surface area contributed by atoms with Crippen molar-refractivity contribution in [3.8, 4) is 0 Å². The summed E-state index contributed by atoms with van der Waals surface area (Å²) in [6, 6.07) is 17.0. The zero-order chi connectivity index (χ0) is 21.0. The third-order valence-corrected chi connectivity index (χ3v) is 5.50. The average molecular weight is 393 g/mol. The lowest BCUT2D eigenvalue weighted by atomic mass is 10.1. The Labute approximate surface area is 171 Å². The van der Waals surface area contributed by atoms with E-state index in [0.29, 0.717) is 18.7 Å². The Morgan fingerprint density at radius 1 is 1.14 bits per heavy atom. The fraction of sp³-hybridized carbons (Fsp3) is 0.348. The fourth-order valence-electron chi connectivity index (χ4n) is 3.75. The van der Waals surface area contributed by atoms with E-state index in [9.17, 15) is 14.4 Å². The summed E-state index contributed by atoms with van der Waals surface area (Å²) in [7, 11) is 3.34. The molecular formula is C23H27N3O3. The molecule has 1 N–H and O–H groups in total. The van der Waals surface area contributed by atoms with Crippen LogP contribution in [-0.4, -0.2) is 48.2 Å². The van der Waals surface area contributed by atoms with Crippen LogP contribution in [0.25, 0.3) is 0 Å². The second kappa shape index (κ2) is 8.90. The van der Waals surface area contributed by atoms with E-state index in [2.05, 4.69) is 5.32 Å². The first kappa shape index (κ1) is 20.6. The number of carbonyl (C=O) groups excluding carboxylic acids is 3. The van der Waals surface area contributed by atoms with Crippen LogP contribution in [0.5, 0.6) is 0 Å². The molecule has 2 atom stereocenters. The van der Waals surface area contributed by atoms with Gasteiger partial charge in [-0.05, 0) is 30.2 Å². The normalized spacial score (nSPS) is 17.1. The van der Waals surface area contributed by atoms with Gasteiger partial charge in [-0.2, -0.15) is 0 Å². The Hall–Kier alpha value is -3.15. The molecule has 0 aromatic heterocycles. The van der Waals surface area contributed by atoms with Crippen LogP contribution in [0.2, 0.25) is 0 Å². The van der Waals surface area contributed by atoms with Gasteiger partial charge in [-0.15, -0.1) is 0 Å². The number of nitrogens with zero attached hydrogens (tertiary/aromatic N) is 2. The number of amides is 3. The van der Waals surface area contributed by atoms with Crippen LogP contribution in [-0.2, 0) is 16.1 Å². The molecule has 3 amide bonds. The average Bonchev–Trinajstić information content (AvgIpc) is 3.14. The number of likely N-dealkylation sites (tertiary alicyclic amines) is 1. The van der Waals surface area contributed by atoms with Gasteiger partial charge in [0.15, 0.2) is 0 Å². The third kappa shape index (κ3) is 4.65. The summed E-state index contributed by atoms with van der Waals surface area (Å²) < 4.78 is 0. The molecule has 1 aliphatic heterocycles. The zero-order valence-corrected chi connectivity index (χ0v) is 17.1. The molecule has 152 valence electrons. The Balaban J connectivity index is 1.61. The van der Waals surface area contributed by atoms with Gasteiger partial charge in [0.25, 0.3) is 5.91 Å². The summed E-state index contributed by atoms with van der Waals surface area (Å²) in [5.41, 5.74) is 2.59. The number of benzene rings is 2. The Morgan fingerprint density at radius 2 is 1.79 bits per heavy atom. The maximum atomic E-state index is 12.9. The van der Waals surface area contributed by atoms with Gasteiger partial charge >= 0.3 is 0 Å². The number of hydrogen-bond donors (Lipinski definition) is 1. The van der Waals surface area contributed by atoms with Crippen LogP contribution in [0.4, 0.5) is 0 Å². The van der Waals surface area contributed by atoms with Crippen LogP contribution in [0.3, 0.4) is 0 Å². The topological polar surface area (TPSA) is 69.7 Å². The lowest BCUT2D eigenvalue weighted by Gasteiger charge is -2.26. The lowest BCUT2D eigenvalue weighted by molar-refractivity contribution is -0.135. The zero-order valence-electron chi connectivity index (χ0n) is 17.1. The molecule has 0 bridgehead atoms. The molecule has 0 saturated carbocycles. The first-order valence-electron chi connectivity index (χ1n) is 9.81. The Morgan fingerprint density at radius 3 is 2.41 bits per heavy atom. The van der Waals surface area contributed by atoms with E-state index in [4.69, 9.17) is 0 Å². The molecule has 0 unspecified atom stereocenters. The minimum absolute atomic E-state index is 0.0167. The number of nitrogens with one attached hydrogen (secondary N) is 1. The van der Waals surface area contributed by atoms with Crippen molar-refractivity contribution in [3.63, 3.8) is 0 Å². The number of carbonyl (C=O) groups is 3. The van der Waals surface area contributed by atoms with Gasteiger partial charge in [0, 0.05) is 39.2 Å². The van der Waals surface area contributed by atoms with Crippen LogP contribution in [0.15, 0.2) is 54.6 Å². The predicted octanol–water partition coefficient (Wildman–Crippen LogP) is 2.61. The molecule has 1 saturated heterocycles. The van der Waals surface area contributed by atoms with E-state index in [-0.39, 0.29) is 36.1 Å². The van der Waals surface area contributed by atoms with Gasteiger partial charge in [-0.25, -0.2) is 0 Å². The number of hydrogen-bond acceptors (Lipinski definition) is 3. The van der Waals surface area contributed by atoms with Crippen LogP contribution >= 0.6 is 0 Å². The molecule has 1 heterocycles. The molecule has 0 spiro atoms. The van der Waals surface area contributed by atoms with Crippen molar-refractivity contribution in [3.05, 3.63) is 71.3 Å². The molecule has 0 aliphatic carbocycles. The second-order valence-corrected chi connectivity index (χ2v) is 7.50. The molecule has 1 fully saturated rings. The van der Waals surface area contributed by atoms with Gasteiger partial charge in [0.2, 0.25) is 11.8 Å². The van der Waals surface area contributed by atoms with Crippen molar-refractivity contribution < 1.29 is 14.4 Å². The van der Waals surface area contributed by atoms with Crippen LogP contribution in [0.1, 0.15) is 40.9 Å². The van der Waals surface area contributed by atoms with Crippen molar-refractivity contribution in [2.24, 2.45) is 5.92 Å². The summed E-state index contributed by atoms with van der Waals surface area (Å²) >= 11 is 0. The first-order valence-corrected chi connectivity index (χ1v) is 9.81. The molecule has 0 radical (unpaired) electrons. The predicted molar refractivity (Wildman–Crippen MR) is 111 cm³/mol. The highest BCUT2D eigenvalue weighted by molar-refractivity contribution is 5.94. The molecule has 29 heavy (non-hydrogen) atoms. The highest BCUT2D eigenvalue weighted by Gasteiger charge is 2.38. The lowest BCUT2D eigenvalue weighted by Crippen LogP contribution is -2.35. The molecule has 3 rings (SSSR count). The summed E-state index contributed by atoms with van der Waals surface area (Å²) in [5, 5.41) is 2.59. The van der Waals surface area contributed by atoms with E-state index in [1.807, 2.05) is 49.4 Å². The summed E-state index contributed by atoms with van der Waals surface area (Å²) in [6.07, 6.45) is 0.246. The Kier molecular flexibility index (Phi) is 6.32. The summed E-state index contributed by atoms with van der Waals surface area (Å²) in [6.45, 7) is 2.87. The molecular weight excluding hydrogens is 366 g/mol. The van der Waals surface area contributed by atoms with Gasteiger partial charge in [-0.3, -0.25) is 14.4 Å². The smallest absolute Gasteiger partial charge is 0.251 e. The summed E-state index contributed by atoms with van der Waals surface area (Å²) in [5.74, 6) is -0.485. The summed E-state index contributed by atoms with van der Waals surface area (Å²) in [4.78, 5) is 40.5. The number of rotatable bonds is 6. The maximum absolute atomic E-state index is 12.9. The molecule has 6 nitrogen and oxygen atoms in total. The van der Waals surface area contributed by atoms with Crippen molar-refractivity contribution in [2.75, 3.05) is 20.6 Å². The minimum Gasteiger partial charge on any atom is -0.355 e. The molecule has 6 heteroatoms. The largest absolute Gasteiger partial charge is 0.355 e. The quantitative estimate of drug-likeness (QED) is 0.820. The minimum atomic E-state index is -0.330. The molecule has 2 aromatic carbocycles. The van der Waals surface area contributed by atoms with E-state index >= 15 is 0 Å². The molecule has 1 aliphatic rings. The van der Waals surface area contributed by atoms with Crippen molar-refractivity contribution >= 4 is 17.7 Å². The Bertz CT molecular complexity index is 880.